The second-order valence-corrected chi connectivity index (χ2v) is 8.45. The highest BCUT2D eigenvalue weighted by Gasteiger charge is 2.30. The number of aliphatic carboxylic acids is 1. The Kier molecular flexibility index (Phi) is 7.88. The van der Waals surface area contributed by atoms with Crippen molar-refractivity contribution in [3.8, 4) is 5.75 Å². The van der Waals surface area contributed by atoms with E-state index in [1.165, 1.54) is 26.0 Å². The highest BCUT2D eigenvalue weighted by Crippen LogP contribution is 2.37. The molecule has 3 rings (SSSR count). The van der Waals surface area contributed by atoms with Gasteiger partial charge in [-0.2, -0.15) is 0 Å². The molecule has 2 atom stereocenters. The third-order valence-electron chi connectivity index (χ3n) is 5.83. The number of hydrogen-bond acceptors (Lipinski definition) is 7. The summed E-state index contributed by atoms with van der Waals surface area (Å²) < 4.78 is 5.37. The van der Waals surface area contributed by atoms with Crippen LogP contribution >= 0.6 is 0 Å². The number of rotatable bonds is 10. The number of aromatic hydroxyl groups is 1. The minimum absolute atomic E-state index is 0.0788. The number of carboxylic acid groups (broad SMARTS) is 1. The molecule has 1 unspecified atom stereocenters. The van der Waals surface area contributed by atoms with Crippen molar-refractivity contribution in [2.24, 2.45) is 5.73 Å². The molecule has 0 aliphatic rings. The first-order chi connectivity index (χ1) is 17.0. The van der Waals surface area contributed by atoms with Gasteiger partial charge in [0.1, 0.15) is 23.2 Å². The molecule has 3 aromatic rings. The lowest BCUT2D eigenvalue weighted by Gasteiger charge is -2.28. The molecule has 2 aromatic carbocycles. The molecule has 36 heavy (non-hydrogen) atoms. The molecular formula is C26H26N2O8. The van der Waals surface area contributed by atoms with Gasteiger partial charge in [-0.15, -0.1) is 0 Å². The molecule has 4 N–H and O–H groups in total. The van der Waals surface area contributed by atoms with Crippen molar-refractivity contribution < 1.29 is 33.8 Å². The summed E-state index contributed by atoms with van der Waals surface area (Å²) in [7, 11) is 0. The Morgan fingerprint density at radius 1 is 1.03 bits per heavy atom. The highest BCUT2D eigenvalue weighted by atomic mass is 16.4. The van der Waals surface area contributed by atoms with Crippen LogP contribution in [0, 0.1) is 0 Å². The fourth-order valence-corrected chi connectivity index (χ4v) is 4.22. The Balaban J connectivity index is 2.07. The molecule has 188 valence electrons. The van der Waals surface area contributed by atoms with Gasteiger partial charge in [0.15, 0.2) is 0 Å². The molecular weight excluding hydrogens is 468 g/mol. The second-order valence-electron chi connectivity index (χ2n) is 8.45. The zero-order chi connectivity index (χ0) is 26.6. The Morgan fingerprint density at radius 2 is 1.67 bits per heavy atom. The largest absolute Gasteiger partial charge is 0.507 e. The SMILES string of the molecule is CC(=O)CC(c1ccc(N(C(C)=O)[C@@H](CCC(N)=O)C(=O)O)cc1)c1c(O)c2ccccc2oc1=O. The second kappa shape index (κ2) is 10.9. The van der Waals surface area contributed by atoms with Crippen molar-refractivity contribution in [2.45, 2.75) is 45.1 Å². The van der Waals surface area contributed by atoms with Gasteiger partial charge in [0.25, 0.3) is 0 Å². The number of primary amides is 1. The minimum Gasteiger partial charge on any atom is -0.507 e. The van der Waals surface area contributed by atoms with E-state index < -0.39 is 35.4 Å². The Morgan fingerprint density at radius 3 is 2.22 bits per heavy atom. The molecule has 10 heteroatoms. The van der Waals surface area contributed by atoms with Crippen LogP contribution in [0.2, 0.25) is 0 Å². The van der Waals surface area contributed by atoms with Crippen molar-refractivity contribution in [3.63, 3.8) is 0 Å². The van der Waals surface area contributed by atoms with Crippen molar-refractivity contribution in [1.29, 1.82) is 0 Å². The van der Waals surface area contributed by atoms with Crippen molar-refractivity contribution in [2.75, 3.05) is 4.90 Å². The number of carbonyl (C=O) groups is 4. The lowest BCUT2D eigenvalue weighted by atomic mass is 9.87. The van der Waals surface area contributed by atoms with Crippen LogP contribution in [-0.4, -0.2) is 39.8 Å². The number of carbonyl (C=O) groups excluding carboxylic acids is 3. The van der Waals surface area contributed by atoms with E-state index in [0.717, 1.165) is 4.90 Å². The lowest BCUT2D eigenvalue weighted by Crippen LogP contribution is -2.44. The molecule has 0 radical (unpaired) electrons. The van der Waals surface area contributed by atoms with E-state index in [2.05, 4.69) is 0 Å². The Labute approximate surface area is 205 Å². The first kappa shape index (κ1) is 26.1. The molecule has 2 amide bonds. The summed E-state index contributed by atoms with van der Waals surface area (Å²) in [6.07, 6.45) is -0.510. The minimum atomic E-state index is -1.33. The van der Waals surface area contributed by atoms with Crippen LogP contribution in [0.3, 0.4) is 0 Å². The van der Waals surface area contributed by atoms with Gasteiger partial charge in [-0.05, 0) is 43.2 Å². The summed E-state index contributed by atoms with van der Waals surface area (Å²) >= 11 is 0. The van der Waals surface area contributed by atoms with Gasteiger partial charge in [-0.3, -0.25) is 19.3 Å². The van der Waals surface area contributed by atoms with Crippen LogP contribution in [0.1, 0.15) is 50.2 Å². The third-order valence-corrected chi connectivity index (χ3v) is 5.83. The van der Waals surface area contributed by atoms with E-state index in [9.17, 15) is 34.2 Å². The molecule has 0 fully saturated rings. The average molecular weight is 495 g/mol. The Bertz CT molecular complexity index is 1380. The molecule has 0 spiro atoms. The predicted octanol–water partition coefficient (Wildman–Crippen LogP) is 2.68. The third kappa shape index (κ3) is 5.60. The zero-order valence-electron chi connectivity index (χ0n) is 19.8. The van der Waals surface area contributed by atoms with Crippen LogP contribution in [0.25, 0.3) is 11.0 Å². The highest BCUT2D eigenvalue weighted by molar-refractivity contribution is 5.98. The zero-order valence-corrected chi connectivity index (χ0v) is 19.8. The number of nitrogens with two attached hydrogens (primary N) is 1. The molecule has 1 aromatic heterocycles. The number of amides is 2. The van der Waals surface area contributed by atoms with Gasteiger partial charge in [0, 0.05) is 31.4 Å². The summed E-state index contributed by atoms with van der Waals surface area (Å²) in [5.74, 6) is -3.94. The van der Waals surface area contributed by atoms with E-state index in [1.807, 2.05) is 0 Å². The van der Waals surface area contributed by atoms with E-state index in [1.54, 1.807) is 36.4 Å². The van der Waals surface area contributed by atoms with E-state index in [-0.39, 0.29) is 47.6 Å². The molecule has 0 aliphatic carbocycles. The molecule has 0 saturated carbocycles. The van der Waals surface area contributed by atoms with Gasteiger partial charge in [0.05, 0.1) is 10.9 Å². The number of para-hydroxylation sites is 1. The maximum Gasteiger partial charge on any atom is 0.343 e. The lowest BCUT2D eigenvalue weighted by molar-refractivity contribution is -0.140. The molecule has 1 heterocycles. The predicted molar refractivity (Wildman–Crippen MR) is 131 cm³/mol. The monoisotopic (exact) mass is 494 g/mol. The molecule has 0 aliphatic heterocycles. The van der Waals surface area contributed by atoms with Crippen LogP contribution in [0.15, 0.2) is 57.7 Å². The smallest absolute Gasteiger partial charge is 0.343 e. The van der Waals surface area contributed by atoms with Gasteiger partial charge in [0.2, 0.25) is 11.8 Å². The normalized spacial score (nSPS) is 12.6. The number of carboxylic acids is 1. The van der Waals surface area contributed by atoms with Crippen LogP contribution in [-0.2, 0) is 19.2 Å². The summed E-state index contributed by atoms with van der Waals surface area (Å²) in [6.45, 7) is 2.56. The summed E-state index contributed by atoms with van der Waals surface area (Å²) in [6, 6.07) is 11.2. The first-order valence-corrected chi connectivity index (χ1v) is 11.2. The summed E-state index contributed by atoms with van der Waals surface area (Å²) in [5.41, 5.74) is 5.19. The van der Waals surface area contributed by atoms with Gasteiger partial charge < -0.3 is 20.4 Å². The number of benzene rings is 2. The number of ketones is 1. The van der Waals surface area contributed by atoms with E-state index in [0.29, 0.717) is 10.9 Å². The standard InChI is InChI=1S/C26H26N2O8/c1-14(29)13-19(23-24(32)18-5-3-4-6-21(18)36-26(23)35)16-7-9-17(10-8-16)28(15(2)30)20(25(33)34)11-12-22(27)31/h3-10,19-20,32H,11-13H2,1-2H3,(H2,27,31)(H,33,34)/t19?,20-/m0/s1. The number of hydrogen-bond donors (Lipinski definition) is 3. The van der Waals surface area contributed by atoms with Crippen LogP contribution in [0.5, 0.6) is 5.75 Å². The Hall–Kier alpha value is -4.47. The molecule has 0 saturated heterocycles. The van der Waals surface area contributed by atoms with Gasteiger partial charge >= 0.3 is 11.6 Å². The molecule has 10 nitrogen and oxygen atoms in total. The quantitative estimate of drug-likeness (QED) is 0.361. The fourth-order valence-electron chi connectivity index (χ4n) is 4.22. The van der Waals surface area contributed by atoms with Gasteiger partial charge in [-0.1, -0.05) is 24.3 Å². The summed E-state index contributed by atoms with van der Waals surface area (Å²) in [5, 5.41) is 20.9. The van der Waals surface area contributed by atoms with Gasteiger partial charge in [-0.25, -0.2) is 9.59 Å². The van der Waals surface area contributed by atoms with Crippen LogP contribution < -0.4 is 16.3 Å². The first-order valence-electron chi connectivity index (χ1n) is 11.2. The number of nitrogens with zero attached hydrogens (tertiary/aromatic N) is 1. The van der Waals surface area contributed by atoms with Crippen molar-refractivity contribution >= 4 is 40.2 Å². The fraction of sp³-hybridized carbons (Fsp3) is 0.269. The number of Topliss-reactive ketones (excluding diaryl/α,β-unsaturated/α-hetero) is 1. The average Bonchev–Trinajstić information content (AvgIpc) is 2.80. The molecule has 0 bridgehead atoms. The van der Waals surface area contributed by atoms with E-state index in [4.69, 9.17) is 10.2 Å². The maximum atomic E-state index is 12.8. The van der Waals surface area contributed by atoms with Crippen LogP contribution in [0.4, 0.5) is 5.69 Å². The number of fused-ring (bicyclic) bond motifs is 1. The number of anilines is 1. The summed E-state index contributed by atoms with van der Waals surface area (Å²) in [4.78, 5) is 61.3. The maximum absolute atomic E-state index is 12.8. The van der Waals surface area contributed by atoms with Crippen molar-refractivity contribution in [1.82, 2.24) is 0 Å². The van der Waals surface area contributed by atoms with Crippen molar-refractivity contribution in [3.05, 3.63) is 70.1 Å². The van der Waals surface area contributed by atoms with E-state index >= 15 is 0 Å². The topological polar surface area (TPSA) is 168 Å².